The van der Waals surface area contributed by atoms with Crippen molar-refractivity contribution in [2.75, 3.05) is 0 Å². The van der Waals surface area contributed by atoms with E-state index in [1.807, 2.05) is 29.8 Å². The monoisotopic (exact) mass is 292 g/mol. The molecule has 0 spiro atoms. The highest BCUT2D eigenvalue weighted by Crippen LogP contribution is 2.31. The van der Waals surface area contributed by atoms with Crippen LogP contribution in [0.5, 0.6) is 0 Å². The van der Waals surface area contributed by atoms with Crippen LogP contribution in [-0.4, -0.2) is 9.61 Å². The molecule has 3 rings (SSSR count). The minimum Gasteiger partial charge on any atom is -0.240 e. The number of halogens is 1. The number of hydrogen-bond acceptors (Lipinski definition) is 1. The molecule has 0 aliphatic heterocycles. The molecule has 0 unspecified atom stereocenters. The van der Waals surface area contributed by atoms with Crippen molar-refractivity contribution < 1.29 is 4.39 Å². The van der Waals surface area contributed by atoms with Gasteiger partial charge in [0.05, 0.1) is 11.1 Å². The van der Waals surface area contributed by atoms with E-state index in [9.17, 15) is 4.39 Å². The molecular weight excluding hydrogens is 275 g/mol. The third-order valence-electron chi connectivity index (χ3n) is 3.64. The number of hydrogen-bond donors (Lipinski definition) is 0. The maximum atomic E-state index is 13.1. The third kappa shape index (κ3) is 2.37. The van der Waals surface area contributed by atoms with Gasteiger partial charge in [-0.05, 0) is 48.4 Å². The number of rotatable bonds is 3. The van der Waals surface area contributed by atoms with Gasteiger partial charge in [0, 0.05) is 11.8 Å². The van der Waals surface area contributed by atoms with Crippen LogP contribution in [0.1, 0.15) is 43.5 Å². The SMILES string of the molecule is C/C=C/c1c(C2=C=C=C(F)C=C2)nn2cccc2c1C(C)C. The van der Waals surface area contributed by atoms with Gasteiger partial charge in [0.15, 0.2) is 5.83 Å². The number of aromatic nitrogens is 2. The summed E-state index contributed by atoms with van der Waals surface area (Å²) in [4.78, 5) is 0. The zero-order valence-electron chi connectivity index (χ0n) is 12.9. The van der Waals surface area contributed by atoms with Crippen LogP contribution < -0.4 is 0 Å². The van der Waals surface area contributed by atoms with E-state index in [4.69, 9.17) is 0 Å². The van der Waals surface area contributed by atoms with Gasteiger partial charge in [-0.2, -0.15) is 9.49 Å². The highest BCUT2D eigenvalue weighted by atomic mass is 19.1. The molecule has 0 aromatic carbocycles. The number of nitrogens with zero attached hydrogens (tertiary/aromatic N) is 2. The zero-order chi connectivity index (χ0) is 15.7. The van der Waals surface area contributed by atoms with Crippen LogP contribution in [0.25, 0.3) is 17.2 Å². The van der Waals surface area contributed by atoms with Crippen molar-refractivity contribution in [1.82, 2.24) is 9.61 Å². The molecule has 1 aliphatic rings. The first-order valence-electron chi connectivity index (χ1n) is 7.35. The normalized spacial score (nSPS) is 14.2. The highest BCUT2D eigenvalue weighted by Gasteiger charge is 2.18. The standard InChI is InChI=1S/C19H17FN2/c1-4-6-16-18(13(2)3)17-7-5-12-22(17)21-19(16)14-8-10-15(20)11-9-14/h4-8,10,12-13H,1-3H3/b6-4+. The average Bonchev–Trinajstić information content (AvgIpc) is 2.95. The molecule has 2 aromatic heterocycles. The lowest BCUT2D eigenvalue weighted by Gasteiger charge is -2.16. The summed E-state index contributed by atoms with van der Waals surface area (Å²) >= 11 is 0. The fourth-order valence-corrected chi connectivity index (χ4v) is 2.75. The summed E-state index contributed by atoms with van der Waals surface area (Å²) in [5.74, 6) is -0.0720. The largest absolute Gasteiger partial charge is 0.240 e. The first-order valence-corrected chi connectivity index (χ1v) is 7.35. The Bertz CT molecular complexity index is 897. The fourth-order valence-electron chi connectivity index (χ4n) is 2.75. The molecule has 3 heteroatoms. The second-order valence-corrected chi connectivity index (χ2v) is 5.51. The summed E-state index contributed by atoms with van der Waals surface area (Å²) in [5, 5.41) is 4.69. The summed E-state index contributed by atoms with van der Waals surface area (Å²) < 4.78 is 15.0. The van der Waals surface area contributed by atoms with E-state index in [2.05, 4.69) is 42.6 Å². The van der Waals surface area contributed by atoms with Crippen LogP contribution in [0, 0.1) is 0 Å². The molecule has 0 atom stereocenters. The van der Waals surface area contributed by atoms with E-state index in [1.165, 1.54) is 11.6 Å². The molecule has 0 radical (unpaired) electrons. The number of allylic oxidation sites excluding steroid dienone is 5. The second kappa shape index (κ2) is 5.65. The van der Waals surface area contributed by atoms with Crippen molar-refractivity contribution in [3.8, 4) is 0 Å². The molecule has 1 aliphatic carbocycles. The van der Waals surface area contributed by atoms with Gasteiger partial charge in [-0.3, -0.25) is 0 Å². The molecule has 0 N–H and O–H groups in total. The quantitative estimate of drug-likeness (QED) is 0.723. The molecule has 0 saturated carbocycles. The van der Waals surface area contributed by atoms with Gasteiger partial charge in [-0.25, -0.2) is 4.52 Å². The van der Waals surface area contributed by atoms with Gasteiger partial charge in [-0.1, -0.05) is 31.7 Å². The fraction of sp³-hybridized carbons (Fsp3) is 0.211. The van der Waals surface area contributed by atoms with Crippen molar-refractivity contribution in [2.45, 2.75) is 26.7 Å². The molecule has 0 bridgehead atoms. The molecule has 0 amide bonds. The lowest BCUT2D eigenvalue weighted by molar-refractivity contribution is 0.669. The van der Waals surface area contributed by atoms with Crippen molar-refractivity contribution in [2.24, 2.45) is 0 Å². The van der Waals surface area contributed by atoms with E-state index in [0.29, 0.717) is 5.92 Å². The summed E-state index contributed by atoms with van der Waals surface area (Å²) in [7, 11) is 0. The average molecular weight is 292 g/mol. The van der Waals surface area contributed by atoms with Gasteiger partial charge in [0.1, 0.15) is 5.69 Å². The lowest BCUT2D eigenvalue weighted by atomic mass is 9.93. The Labute approximate surface area is 129 Å². The highest BCUT2D eigenvalue weighted by molar-refractivity contribution is 5.82. The van der Waals surface area contributed by atoms with Crippen LogP contribution in [0.3, 0.4) is 0 Å². The summed E-state index contributed by atoms with van der Waals surface area (Å²) in [6.45, 7) is 6.32. The van der Waals surface area contributed by atoms with E-state index in [1.54, 1.807) is 6.08 Å². The topological polar surface area (TPSA) is 17.3 Å². The molecule has 22 heavy (non-hydrogen) atoms. The van der Waals surface area contributed by atoms with E-state index < -0.39 is 5.83 Å². The van der Waals surface area contributed by atoms with Gasteiger partial charge < -0.3 is 0 Å². The van der Waals surface area contributed by atoms with Crippen molar-refractivity contribution in [1.29, 1.82) is 0 Å². The molecule has 0 fully saturated rings. The maximum absolute atomic E-state index is 13.1. The molecule has 110 valence electrons. The van der Waals surface area contributed by atoms with Crippen LogP contribution >= 0.6 is 0 Å². The molecule has 2 aromatic rings. The number of fused-ring (bicyclic) bond motifs is 1. The van der Waals surface area contributed by atoms with Crippen LogP contribution in [0.2, 0.25) is 0 Å². The molecule has 2 nitrogen and oxygen atoms in total. The summed E-state index contributed by atoms with van der Waals surface area (Å²) in [5.41, 5.74) is 10.3. The van der Waals surface area contributed by atoms with Crippen LogP contribution in [-0.2, 0) is 0 Å². The van der Waals surface area contributed by atoms with Gasteiger partial charge in [-0.15, -0.1) is 0 Å². The molecule has 2 heterocycles. The van der Waals surface area contributed by atoms with Crippen molar-refractivity contribution >= 4 is 17.2 Å². The first kappa shape index (κ1) is 14.3. The van der Waals surface area contributed by atoms with Gasteiger partial charge >= 0.3 is 0 Å². The van der Waals surface area contributed by atoms with Crippen molar-refractivity contribution in [3.05, 3.63) is 70.7 Å². The Balaban J connectivity index is 2.42. The van der Waals surface area contributed by atoms with Crippen LogP contribution in [0.4, 0.5) is 4.39 Å². The van der Waals surface area contributed by atoms with E-state index >= 15 is 0 Å². The summed E-state index contributed by atoms with van der Waals surface area (Å²) in [6, 6.07) is 4.05. The van der Waals surface area contributed by atoms with Gasteiger partial charge in [0.25, 0.3) is 0 Å². The van der Waals surface area contributed by atoms with Crippen molar-refractivity contribution in [3.63, 3.8) is 0 Å². The summed E-state index contributed by atoms with van der Waals surface area (Å²) in [6.07, 6.45) is 9.07. The molecular formula is C19H17FN2. The smallest absolute Gasteiger partial charge is 0.173 e. The predicted octanol–water partition coefficient (Wildman–Crippen LogP) is 5.05. The zero-order valence-corrected chi connectivity index (χ0v) is 12.9. The van der Waals surface area contributed by atoms with Gasteiger partial charge in [0.2, 0.25) is 0 Å². The first-order chi connectivity index (χ1) is 10.6. The lowest BCUT2D eigenvalue weighted by Crippen LogP contribution is -2.06. The Kier molecular flexibility index (Phi) is 3.68. The Hall–Kier alpha value is -2.60. The predicted molar refractivity (Wildman–Crippen MR) is 88.2 cm³/mol. The Morgan fingerprint density at radius 2 is 2.09 bits per heavy atom. The molecule has 0 saturated heterocycles. The minimum atomic E-state index is -0.414. The van der Waals surface area contributed by atoms with E-state index in [0.717, 1.165) is 22.3 Å². The Morgan fingerprint density at radius 3 is 2.73 bits per heavy atom. The second-order valence-electron chi connectivity index (χ2n) is 5.51. The Morgan fingerprint density at radius 1 is 1.27 bits per heavy atom. The minimum absolute atomic E-state index is 0.342. The third-order valence-corrected chi connectivity index (χ3v) is 3.64. The maximum Gasteiger partial charge on any atom is 0.173 e. The van der Waals surface area contributed by atoms with E-state index in [-0.39, 0.29) is 0 Å². The van der Waals surface area contributed by atoms with Crippen LogP contribution in [0.15, 0.2) is 53.8 Å².